The first-order chi connectivity index (χ1) is 8.93. The van der Waals surface area contributed by atoms with Crippen LogP contribution in [0.15, 0.2) is 0 Å². The maximum absolute atomic E-state index is 5.91. The van der Waals surface area contributed by atoms with Gasteiger partial charge in [-0.2, -0.15) is 5.10 Å². The van der Waals surface area contributed by atoms with Crippen molar-refractivity contribution in [3.63, 3.8) is 0 Å². The van der Waals surface area contributed by atoms with Crippen LogP contribution in [0.1, 0.15) is 43.5 Å². The van der Waals surface area contributed by atoms with E-state index in [-0.39, 0.29) is 0 Å². The van der Waals surface area contributed by atoms with Crippen molar-refractivity contribution >= 4 is 23.0 Å². The second-order valence-corrected chi connectivity index (χ2v) is 5.97. The van der Waals surface area contributed by atoms with Gasteiger partial charge in [-0.3, -0.25) is 0 Å². The smallest absolute Gasteiger partial charge is 0.162 e. The fourth-order valence-electron chi connectivity index (χ4n) is 2.73. The summed E-state index contributed by atoms with van der Waals surface area (Å²) in [5, 5.41) is 8.63. The molecule has 1 fully saturated rings. The van der Waals surface area contributed by atoms with E-state index in [1.54, 1.807) is 0 Å². The Morgan fingerprint density at radius 2 is 2.00 bits per heavy atom. The summed E-state index contributed by atoms with van der Waals surface area (Å²) in [5.74, 6) is 1.51. The van der Waals surface area contributed by atoms with Gasteiger partial charge in [-0.1, -0.05) is 19.1 Å². The van der Waals surface area contributed by atoms with Crippen LogP contribution in [0.5, 0.6) is 0 Å². The molecule has 19 heavy (non-hydrogen) atoms. The summed E-state index contributed by atoms with van der Waals surface area (Å²) < 4.78 is 0. The van der Waals surface area contributed by atoms with E-state index in [0.29, 0.717) is 16.9 Å². The van der Waals surface area contributed by atoms with Crippen molar-refractivity contribution in [2.24, 2.45) is 11.7 Å². The molecule has 0 aliphatic carbocycles. The molecule has 0 bridgehead atoms. The predicted octanol–water partition coefficient (Wildman–Crippen LogP) is 2.35. The van der Waals surface area contributed by atoms with Crippen LogP contribution in [0.25, 0.3) is 0 Å². The second kappa shape index (κ2) is 5.41. The van der Waals surface area contributed by atoms with E-state index in [4.69, 9.17) is 18.0 Å². The maximum atomic E-state index is 5.91. The van der Waals surface area contributed by atoms with Crippen molar-refractivity contribution in [2.45, 2.75) is 46.6 Å². The molecule has 0 spiro atoms. The van der Waals surface area contributed by atoms with E-state index in [1.165, 1.54) is 12.8 Å². The summed E-state index contributed by atoms with van der Waals surface area (Å²) in [6.07, 6.45) is 2.44. The van der Waals surface area contributed by atoms with E-state index < -0.39 is 0 Å². The number of hydrogen-bond donors (Lipinski definition) is 1. The molecule has 1 saturated heterocycles. The Balaban J connectivity index is 2.50. The fourth-order valence-corrected chi connectivity index (χ4v) is 2.97. The van der Waals surface area contributed by atoms with E-state index in [0.717, 1.165) is 29.2 Å². The number of aromatic nitrogens is 2. The average Bonchev–Trinajstić information content (AvgIpc) is 2.35. The largest absolute Gasteiger partial charge is 0.389 e. The zero-order chi connectivity index (χ0) is 14.2. The second-order valence-electron chi connectivity index (χ2n) is 5.53. The van der Waals surface area contributed by atoms with Crippen LogP contribution in [0, 0.1) is 19.8 Å². The summed E-state index contributed by atoms with van der Waals surface area (Å²) in [5.41, 5.74) is 8.74. The number of hydrogen-bond acceptors (Lipinski definition) is 4. The Kier molecular flexibility index (Phi) is 4.04. The molecular weight excluding hydrogens is 256 g/mol. The lowest BCUT2D eigenvalue weighted by atomic mass is 9.91. The summed E-state index contributed by atoms with van der Waals surface area (Å²) in [4.78, 5) is 2.72. The van der Waals surface area contributed by atoms with Gasteiger partial charge in [0.25, 0.3) is 0 Å². The molecule has 2 unspecified atom stereocenters. The highest BCUT2D eigenvalue weighted by molar-refractivity contribution is 7.80. The van der Waals surface area contributed by atoms with Gasteiger partial charge in [0.15, 0.2) is 5.82 Å². The lowest BCUT2D eigenvalue weighted by molar-refractivity contribution is 0.360. The van der Waals surface area contributed by atoms with E-state index in [2.05, 4.69) is 28.9 Å². The highest BCUT2D eigenvalue weighted by Crippen LogP contribution is 2.30. The number of nitrogens with two attached hydrogens (primary N) is 1. The SMILES string of the molecule is Cc1nnc(N2CCCC(C)C2C)c(C(N)=S)c1C. The van der Waals surface area contributed by atoms with Crippen LogP contribution in [-0.4, -0.2) is 27.8 Å². The van der Waals surface area contributed by atoms with Crippen molar-refractivity contribution in [1.82, 2.24) is 10.2 Å². The first-order valence-corrected chi connectivity index (χ1v) is 7.24. The van der Waals surface area contributed by atoms with Crippen molar-refractivity contribution in [3.05, 3.63) is 16.8 Å². The lowest BCUT2D eigenvalue weighted by Crippen LogP contribution is -2.44. The number of thiocarbonyl (C=S) groups is 1. The minimum atomic E-state index is 0.413. The van der Waals surface area contributed by atoms with Gasteiger partial charge >= 0.3 is 0 Å². The van der Waals surface area contributed by atoms with Gasteiger partial charge in [-0.05, 0) is 45.1 Å². The summed E-state index contributed by atoms with van der Waals surface area (Å²) in [6.45, 7) is 9.48. The highest BCUT2D eigenvalue weighted by atomic mass is 32.1. The third-order valence-corrected chi connectivity index (χ3v) is 4.53. The molecule has 1 aliphatic heterocycles. The predicted molar refractivity (Wildman–Crippen MR) is 82.6 cm³/mol. The van der Waals surface area contributed by atoms with E-state index in [1.807, 2.05) is 13.8 Å². The quantitative estimate of drug-likeness (QED) is 0.842. The normalized spacial score (nSPS) is 23.5. The lowest BCUT2D eigenvalue weighted by Gasteiger charge is -2.39. The summed E-state index contributed by atoms with van der Waals surface area (Å²) in [6, 6.07) is 0.443. The molecule has 0 amide bonds. The Labute approximate surface area is 120 Å². The van der Waals surface area contributed by atoms with Crippen molar-refractivity contribution in [1.29, 1.82) is 0 Å². The Morgan fingerprint density at radius 1 is 1.32 bits per heavy atom. The zero-order valence-electron chi connectivity index (χ0n) is 12.1. The van der Waals surface area contributed by atoms with Gasteiger partial charge in [-0.25, -0.2) is 0 Å². The molecule has 2 heterocycles. The van der Waals surface area contributed by atoms with Gasteiger partial charge in [0.1, 0.15) is 4.99 Å². The zero-order valence-corrected chi connectivity index (χ0v) is 12.9. The molecule has 1 aromatic heterocycles. The average molecular weight is 278 g/mol. The summed E-state index contributed by atoms with van der Waals surface area (Å²) >= 11 is 5.22. The number of aryl methyl sites for hydroxylation is 1. The number of rotatable bonds is 2. The Bertz CT molecular complexity index is 500. The Morgan fingerprint density at radius 3 is 2.63 bits per heavy atom. The molecule has 104 valence electrons. The molecule has 2 N–H and O–H groups in total. The standard InChI is InChI=1S/C14H22N4S/c1-8-6-5-7-18(11(8)4)14-12(13(15)19)9(2)10(3)16-17-14/h8,11H,5-7H2,1-4H3,(H2,15,19). The van der Waals surface area contributed by atoms with Crippen LogP contribution in [-0.2, 0) is 0 Å². The van der Waals surface area contributed by atoms with Crippen molar-refractivity contribution in [2.75, 3.05) is 11.4 Å². The molecule has 0 radical (unpaired) electrons. The molecule has 0 aromatic carbocycles. The molecule has 4 nitrogen and oxygen atoms in total. The van der Waals surface area contributed by atoms with Crippen LogP contribution in [0.2, 0.25) is 0 Å². The van der Waals surface area contributed by atoms with E-state index in [9.17, 15) is 0 Å². The molecule has 1 aromatic rings. The molecule has 1 aliphatic rings. The van der Waals surface area contributed by atoms with Crippen molar-refractivity contribution < 1.29 is 0 Å². The minimum absolute atomic E-state index is 0.413. The molecule has 0 saturated carbocycles. The van der Waals surface area contributed by atoms with Gasteiger partial charge < -0.3 is 10.6 Å². The van der Waals surface area contributed by atoms with Crippen LogP contribution in [0.4, 0.5) is 5.82 Å². The number of anilines is 1. The number of piperidine rings is 1. The number of nitrogens with zero attached hydrogens (tertiary/aromatic N) is 3. The van der Waals surface area contributed by atoms with Gasteiger partial charge in [0.05, 0.1) is 11.3 Å². The first-order valence-electron chi connectivity index (χ1n) is 6.83. The summed E-state index contributed by atoms with van der Waals surface area (Å²) in [7, 11) is 0. The highest BCUT2D eigenvalue weighted by Gasteiger charge is 2.29. The minimum Gasteiger partial charge on any atom is -0.389 e. The van der Waals surface area contributed by atoms with E-state index >= 15 is 0 Å². The van der Waals surface area contributed by atoms with Crippen molar-refractivity contribution in [3.8, 4) is 0 Å². The molecule has 5 heteroatoms. The third-order valence-electron chi connectivity index (χ3n) is 4.33. The van der Waals surface area contributed by atoms with Crippen LogP contribution >= 0.6 is 12.2 Å². The Hall–Kier alpha value is -1.23. The van der Waals surface area contributed by atoms with Gasteiger partial charge in [-0.15, -0.1) is 5.10 Å². The molecular formula is C14H22N4S. The third kappa shape index (κ3) is 2.56. The fraction of sp³-hybridized carbons (Fsp3) is 0.643. The first kappa shape index (κ1) is 14.2. The van der Waals surface area contributed by atoms with Gasteiger partial charge in [0.2, 0.25) is 0 Å². The molecule has 2 rings (SSSR count). The monoisotopic (exact) mass is 278 g/mol. The molecule has 2 atom stereocenters. The topological polar surface area (TPSA) is 55.0 Å². The maximum Gasteiger partial charge on any atom is 0.162 e. The van der Waals surface area contributed by atoms with Crippen LogP contribution < -0.4 is 10.6 Å². The van der Waals surface area contributed by atoms with Crippen LogP contribution in [0.3, 0.4) is 0 Å². The van der Waals surface area contributed by atoms with Gasteiger partial charge in [0, 0.05) is 12.6 Å².